The molecule has 4 atom stereocenters. The van der Waals surface area contributed by atoms with Crippen molar-refractivity contribution in [3.8, 4) is 5.75 Å². The average molecular weight is 524 g/mol. The number of alkyl halides is 3. The van der Waals surface area contributed by atoms with Crippen LogP contribution < -0.4 is 20.7 Å². The minimum Gasteiger partial charge on any atom is -0.487 e. The molecular weight excluding hydrogens is 495 g/mol. The Bertz CT molecular complexity index is 1110. The first-order valence-electron chi connectivity index (χ1n) is 11.8. The van der Waals surface area contributed by atoms with E-state index in [1.807, 2.05) is 0 Å². The largest absolute Gasteiger partial charge is 0.487 e. The SMILES string of the molecule is COCCNC(=O)C[C@@H]1C[C@@H]2c3cc(NC(=O)Nc4ccc(C(F)(F)F)cc4)ccc3O[C@@H]2[C@@H](CO)O1. The van der Waals surface area contributed by atoms with Crippen LogP contribution in [-0.2, 0) is 20.4 Å². The number of fused-ring (bicyclic) bond motifs is 3. The number of aliphatic hydroxyl groups excluding tert-OH is 1. The highest BCUT2D eigenvalue weighted by Crippen LogP contribution is 2.47. The van der Waals surface area contributed by atoms with Crippen molar-refractivity contribution >= 4 is 23.3 Å². The van der Waals surface area contributed by atoms with Crippen molar-refractivity contribution < 1.29 is 42.1 Å². The standard InChI is InChI=1S/C25H28F3N3O6/c1-35-9-8-29-22(33)12-17-11-19-18-10-16(6-7-20(18)37-23(19)21(13-32)36-17)31-24(34)30-15-4-2-14(3-5-15)25(26,27)28/h2-7,10,17,19,21,23,32H,8-9,11-13H2,1H3,(H,29,33)(H2,30,31,34)/t17-,19+,21+,23-/m0/s1. The summed E-state index contributed by atoms with van der Waals surface area (Å²) in [6.45, 7) is 0.495. The number of hydrogen-bond donors (Lipinski definition) is 4. The van der Waals surface area contributed by atoms with E-state index in [1.54, 1.807) is 25.3 Å². The Kier molecular flexibility index (Phi) is 8.20. The molecule has 0 spiro atoms. The fraction of sp³-hybridized carbons (Fsp3) is 0.440. The zero-order valence-electron chi connectivity index (χ0n) is 20.0. The Hall–Kier alpha value is -3.35. The van der Waals surface area contributed by atoms with Gasteiger partial charge in [0.15, 0.2) is 0 Å². The Labute approximate surface area is 211 Å². The van der Waals surface area contributed by atoms with E-state index in [0.29, 0.717) is 31.0 Å². The monoisotopic (exact) mass is 523 g/mol. The van der Waals surface area contributed by atoms with Crippen LogP contribution in [0.25, 0.3) is 0 Å². The van der Waals surface area contributed by atoms with E-state index in [0.717, 1.165) is 17.7 Å². The van der Waals surface area contributed by atoms with Gasteiger partial charge in [0, 0.05) is 36.5 Å². The van der Waals surface area contributed by atoms with Gasteiger partial charge in [-0.1, -0.05) is 0 Å². The molecule has 0 aromatic heterocycles. The molecule has 0 saturated carbocycles. The normalized spacial score (nSPS) is 22.4. The summed E-state index contributed by atoms with van der Waals surface area (Å²) in [7, 11) is 1.54. The number of benzene rings is 2. The van der Waals surface area contributed by atoms with Gasteiger partial charge in [0.1, 0.15) is 18.0 Å². The summed E-state index contributed by atoms with van der Waals surface area (Å²) in [5.41, 5.74) is 0.657. The van der Waals surface area contributed by atoms with Crippen LogP contribution in [-0.4, -0.2) is 62.2 Å². The fourth-order valence-corrected chi connectivity index (χ4v) is 4.57. The number of amides is 3. The molecule has 4 rings (SSSR count). The quantitative estimate of drug-likeness (QED) is 0.394. The molecule has 37 heavy (non-hydrogen) atoms. The van der Waals surface area contributed by atoms with Crippen molar-refractivity contribution in [2.45, 2.75) is 43.2 Å². The van der Waals surface area contributed by atoms with E-state index >= 15 is 0 Å². The summed E-state index contributed by atoms with van der Waals surface area (Å²) in [4.78, 5) is 24.7. The van der Waals surface area contributed by atoms with E-state index in [1.165, 1.54) is 12.1 Å². The summed E-state index contributed by atoms with van der Waals surface area (Å²) in [6, 6.07) is 8.58. The van der Waals surface area contributed by atoms with E-state index in [-0.39, 0.29) is 30.5 Å². The number of aliphatic hydroxyl groups is 1. The molecule has 0 aliphatic carbocycles. The maximum Gasteiger partial charge on any atom is 0.416 e. The number of rotatable bonds is 8. The molecule has 12 heteroatoms. The fourth-order valence-electron chi connectivity index (χ4n) is 4.57. The summed E-state index contributed by atoms with van der Waals surface area (Å²) in [6.07, 6.45) is -5.36. The number of carbonyl (C=O) groups is 2. The second-order valence-corrected chi connectivity index (χ2v) is 8.86. The number of carbonyl (C=O) groups excluding carboxylic acids is 2. The molecule has 4 N–H and O–H groups in total. The van der Waals surface area contributed by atoms with E-state index in [2.05, 4.69) is 16.0 Å². The van der Waals surface area contributed by atoms with Gasteiger partial charge in [-0.25, -0.2) is 4.79 Å². The van der Waals surface area contributed by atoms with Crippen molar-refractivity contribution in [1.29, 1.82) is 0 Å². The molecule has 2 aliphatic rings. The molecule has 0 unspecified atom stereocenters. The van der Waals surface area contributed by atoms with Gasteiger partial charge >= 0.3 is 12.2 Å². The predicted molar refractivity (Wildman–Crippen MR) is 128 cm³/mol. The molecule has 9 nitrogen and oxygen atoms in total. The highest BCUT2D eigenvalue weighted by Gasteiger charge is 2.46. The van der Waals surface area contributed by atoms with Gasteiger partial charge in [-0.05, 0) is 48.9 Å². The van der Waals surface area contributed by atoms with Crippen molar-refractivity contribution in [2.24, 2.45) is 0 Å². The molecule has 2 aliphatic heterocycles. The van der Waals surface area contributed by atoms with Crippen LogP contribution in [0.2, 0.25) is 0 Å². The Morgan fingerprint density at radius 2 is 1.81 bits per heavy atom. The first-order chi connectivity index (χ1) is 17.7. The van der Waals surface area contributed by atoms with Crippen LogP contribution in [0.15, 0.2) is 42.5 Å². The second-order valence-electron chi connectivity index (χ2n) is 8.86. The maximum absolute atomic E-state index is 12.7. The van der Waals surface area contributed by atoms with Gasteiger partial charge in [0.2, 0.25) is 5.91 Å². The summed E-state index contributed by atoms with van der Waals surface area (Å²) in [5, 5.41) is 17.8. The molecule has 0 radical (unpaired) electrons. The van der Waals surface area contributed by atoms with E-state index in [4.69, 9.17) is 14.2 Å². The van der Waals surface area contributed by atoms with Gasteiger partial charge in [-0.15, -0.1) is 0 Å². The van der Waals surface area contributed by atoms with Crippen LogP contribution >= 0.6 is 0 Å². The Morgan fingerprint density at radius 1 is 1.11 bits per heavy atom. The zero-order valence-corrected chi connectivity index (χ0v) is 20.0. The number of halogens is 3. The molecule has 3 amide bonds. The van der Waals surface area contributed by atoms with Gasteiger partial charge in [0.05, 0.1) is 31.3 Å². The minimum absolute atomic E-state index is 0.117. The topological polar surface area (TPSA) is 118 Å². The molecule has 1 fully saturated rings. The van der Waals surface area contributed by atoms with Crippen molar-refractivity contribution in [1.82, 2.24) is 5.32 Å². The number of nitrogens with one attached hydrogen (secondary N) is 3. The Balaban J connectivity index is 1.41. The third-order valence-corrected chi connectivity index (χ3v) is 6.27. The Morgan fingerprint density at radius 3 is 2.49 bits per heavy atom. The summed E-state index contributed by atoms with van der Waals surface area (Å²) < 4.78 is 55.1. The number of urea groups is 1. The van der Waals surface area contributed by atoms with Crippen molar-refractivity contribution in [3.05, 3.63) is 53.6 Å². The van der Waals surface area contributed by atoms with Crippen LogP contribution in [0, 0.1) is 0 Å². The lowest BCUT2D eigenvalue weighted by Crippen LogP contribution is -2.47. The first kappa shape index (κ1) is 26.7. The van der Waals surface area contributed by atoms with Crippen LogP contribution in [0.5, 0.6) is 5.75 Å². The zero-order chi connectivity index (χ0) is 26.6. The summed E-state index contributed by atoms with van der Waals surface area (Å²) in [5.74, 6) is 0.236. The molecule has 2 aromatic carbocycles. The first-order valence-corrected chi connectivity index (χ1v) is 11.8. The third kappa shape index (κ3) is 6.51. The average Bonchev–Trinajstić information content (AvgIpc) is 3.21. The van der Waals surface area contributed by atoms with E-state index in [9.17, 15) is 27.9 Å². The van der Waals surface area contributed by atoms with Gasteiger partial charge < -0.3 is 35.3 Å². The van der Waals surface area contributed by atoms with Crippen LogP contribution in [0.1, 0.15) is 29.9 Å². The lowest BCUT2D eigenvalue weighted by Gasteiger charge is -2.37. The van der Waals surface area contributed by atoms with Gasteiger partial charge in [0.25, 0.3) is 0 Å². The van der Waals surface area contributed by atoms with Gasteiger partial charge in [-0.3, -0.25) is 4.79 Å². The molecule has 0 bridgehead atoms. The smallest absolute Gasteiger partial charge is 0.416 e. The number of hydrogen-bond acceptors (Lipinski definition) is 6. The maximum atomic E-state index is 12.7. The number of ether oxygens (including phenoxy) is 3. The second kappa shape index (κ2) is 11.4. The molecule has 200 valence electrons. The molecular formula is C25H28F3N3O6. The predicted octanol–water partition coefficient (Wildman–Crippen LogP) is 3.50. The van der Waals surface area contributed by atoms with Crippen LogP contribution in [0.3, 0.4) is 0 Å². The highest BCUT2D eigenvalue weighted by molar-refractivity contribution is 5.99. The minimum atomic E-state index is -4.46. The van der Waals surface area contributed by atoms with Gasteiger partial charge in [-0.2, -0.15) is 13.2 Å². The lowest BCUT2D eigenvalue weighted by atomic mass is 9.84. The number of methoxy groups -OCH3 is 1. The highest BCUT2D eigenvalue weighted by atomic mass is 19.4. The van der Waals surface area contributed by atoms with Crippen molar-refractivity contribution in [3.63, 3.8) is 0 Å². The molecule has 1 saturated heterocycles. The summed E-state index contributed by atoms with van der Waals surface area (Å²) >= 11 is 0. The van der Waals surface area contributed by atoms with Crippen LogP contribution in [0.4, 0.5) is 29.3 Å². The molecule has 2 aromatic rings. The number of anilines is 2. The lowest BCUT2D eigenvalue weighted by molar-refractivity contribution is -0.142. The van der Waals surface area contributed by atoms with E-state index < -0.39 is 36.1 Å². The molecule has 2 heterocycles. The van der Waals surface area contributed by atoms with Crippen molar-refractivity contribution in [2.75, 3.05) is 37.5 Å². The third-order valence-electron chi connectivity index (χ3n) is 6.27.